The standard InChI is InChI=1S/C15H29NO2/c1-3-4-5-6-7-8-9-11-16-12-10-14(13-16)15(17)18-2/h14H,3-13H2,1-2H3. The van der Waals surface area contributed by atoms with Crippen molar-refractivity contribution in [1.82, 2.24) is 4.90 Å². The van der Waals surface area contributed by atoms with Crippen molar-refractivity contribution in [2.75, 3.05) is 26.7 Å². The molecule has 0 N–H and O–H groups in total. The van der Waals surface area contributed by atoms with E-state index in [4.69, 9.17) is 4.74 Å². The van der Waals surface area contributed by atoms with Gasteiger partial charge < -0.3 is 9.64 Å². The summed E-state index contributed by atoms with van der Waals surface area (Å²) < 4.78 is 4.80. The van der Waals surface area contributed by atoms with Gasteiger partial charge in [-0.05, 0) is 25.9 Å². The van der Waals surface area contributed by atoms with Crippen molar-refractivity contribution in [3.8, 4) is 0 Å². The Balaban J connectivity index is 1.96. The minimum Gasteiger partial charge on any atom is -0.469 e. The summed E-state index contributed by atoms with van der Waals surface area (Å²) in [5.41, 5.74) is 0. The van der Waals surface area contributed by atoms with Gasteiger partial charge in [0.2, 0.25) is 0 Å². The number of likely N-dealkylation sites (tertiary alicyclic amines) is 1. The molecule has 3 nitrogen and oxygen atoms in total. The van der Waals surface area contributed by atoms with E-state index in [0.29, 0.717) is 0 Å². The molecule has 1 heterocycles. The van der Waals surface area contributed by atoms with Gasteiger partial charge in [-0.2, -0.15) is 0 Å². The van der Waals surface area contributed by atoms with E-state index in [2.05, 4.69) is 11.8 Å². The van der Waals surface area contributed by atoms with E-state index >= 15 is 0 Å². The van der Waals surface area contributed by atoms with Gasteiger partial charge in [0.15, 0.2) is 0 Å². The second-order valence-corrected chi connectivity index (χ2v) is 5.43. The van der Waals surface area contributed by atoms with Gasteiger partial charge in [-0.3, -0.25) is 4.79 Å². The number of unbranched alkanes of at least 4 members (excludes halogenated alkanes) is 6. The Bertz CT molecular complexity index is 231. The third-order valence-electron chi connectivity index (χ3n) is 3.88. The largest absolute Gasteiger partial charge is 0.469 e. The lowest BCUT2D eigenvalue weighted by atomic mass is 10.1. The Kier molecular flexibility index (Phi) is 8.06. The van der Waals surface area contributed by atoms with Crippen molar-refractivity contribution in [3.63, 3.8) is 0 Å². The van der Waals surface area contributed by atoms with Crippen molar-refractivity contribution >= 4 is 5.97 Å². The van der Waals surface area contributed by atoms with Crippen LogP contribution in [0.1, 0.15) is 58.3 Å². The van der Waals surface area contributed by atoms with Crippen molar-refractivity contribution in [2.24, 2.45) is 5.92 Å². The van der Waals surface area contributed by atoms with Crippen LogP contribution in [-0.2, 0) is 9.53 Å². The van der Waals surface area contributed by atoms with Crippen LogP contribution in [0.15, 0.2) is 0 Å². The molecule has 18 heavy (non-hydrogen) atoms. The van der Waals surface area contributed by atoms with Crippen LogP contribution in [-0.4, -0.2) is 37.6 Å². The highest BCUT2D eigenvalue weighted by Gasteiger charge is 2.28. The number of hydrogen-bond donors (Lipinski definition) is 0. The van der Waals surface area contributed by atoms with Crippen LogP contribution in [0.25, 0.3) is 0 Å². The Morgan fingerprint density at radius 3 is 2.50 bits per heavy atom. The summed E-state index contributed by atoms with van der Waals surface area (Å²) in [4.78, 5) is 13.8. The maximum atomic E-state index is 11.4. The molecule has 1 aliphatic heterocycles. The predicted molar refractivity (Wildman–Crippen MR) is 74.6 cm³/mol. The van der Waals surface area contributed by atoms with Gasteiger partial charge in [0, 0.05) is 6.54 Å². The van der Waals surface area contributed by atoms with Gasteiger partial charge in [0.1, 0.15) is 0 Å². The summed E-state index contributed by atoms with van der Waals surface area (Å²) in [6.07, 6.45) is 10.4. The molecule has 0 bridgehead atoms. The van der Waals surface area contributed by atoms with Gasteiger partial charge >= 0.3 is 5.97 Å². The molecule has 3 heteroatoms. The Morgan fingerprint density at radius 1 is 1.17 bits per heavy atom. The van der Waals surface area contributed by atoms with Crippen LogP contribution in [0, 0.1) is 5.92 Å². The van der Waals surface area contributed by atoms with Crippen LogP contribution in [0.2, 0.25) is 0 Å². The number of carbonyl (C=O) groups is 1. The van der Waals surface area contributed by atoms with Crippen LogP contribution in [0.4, 0.5) is 0 Å². The molecule has 0 amide bonds. The van der Waals surface area contributed by atoms with Gasteiger partial charge in [0.25, 0.3) is 0 Å². The monoisotopic (exact) mass is 255 g/mol. The second-order valence-electron chi connectivity index (χ2n) is 5.43. The van der Waals surface area contributed by atoms with Crippen molar-refractivity contribution < 1.29 is 9.53 Å². The molecule has 0 aromatic rings. The number of esters is 1. The third kappa shape index (κ3) is 5.85. The first-order valence-corrected chi connectivity index (χ1v) is 7.58. The fourth-order valence-corrected chi connectivity index (χ4v) is 2.69. The summed E-state index contributed by atoms with van der Waals surface area (Å²) in [5, 5.41) is 0. The normalized spacial score (nSPS) is 20.2. The zero-order valence-corrected chi connectivity index (χ0v) is 12.1. The number of carbonyl (C=O) groups excluding carboxylic acids is 1. The minimum atomic E-state index is -0.0305. The molecule has 1 rings (SSSR count). The van der Waals surface area contributed by atoms with E-state index < -0.39 is 0 Å². The maximum absolute atomic E-state index is 11.4. The van der Waals surface area contributed by atoms with Gasteiger partial charge in [0.05, 0.1) is 13.0 Å². The van der Waals surface area contributed by atoms with E-state index in [9.17, 15) is 4.79 Å². The molecule has 1 fully saturated rings. The minimum absolute atomic E-state index is 0.0305. The molecule has 0 spiro atoms. The van der Waals surface area contributed by atoms with E-state index in [1.54, 1.807) is 0 Å². The molecule has 1 unspecified atom stereocenters. The van der Waals surface area contributed by atoms with E-state index in [-0.39, 0.29) is 11.9 Å². The smallest absolute Gasteiger partial charge is 0.310 e. The Hall–Kier alpha value is -0.570. The highest BCUT2D eigenvalue weighted by Crippen LogP contribution is 2.18. The number of nitrogens with zero attached hydrogens (tertiary/aromatic N) is 1. The van der Waals surface area contributed by atoms with Crippen LogP contribution in [0.3, 0.4) is 0 Å². The SMILES string of the molecule is CCCCCCCCCN1CCC(C(=O)OC)C1. The number of rotatable bonds is 9. The topological polar surface area (TPSA) is 29.5 Å². The van der Waals surface area contributed by atoms with E-state index in [0.717, 1.165) is 26.1 Å². The average Bonchev–Trinajstić information content (AvgIpc) is 2.85. The Labute approximate surface area is 112 Å². The highest BCUT2D eigenvalue weighted by atomic mass is 16.5. The summed E-state index contributed by atoms with van der Waals surface area (Å²) >= 11 is 0. The maximum Gasteiger partial charge on any atom is 0.310 e. The van der Waals surface area contributed by atoms with Crippen molar-refractivity contribution in [2.45, 2.75) is 58.3 Å². The molecular weight excluding hydrogens is 226 g/mol. The highest BCUT2D eigenvalue weighted by molar-refractivity contribution is 5.72. The average molecular weight is 255 g/mol. The van der Waals surface area contributed by atoms with Gasteiger partial charge in [-0.25, -0.2) is 0 Å². The van der Waals surface area contributed by atoms with E-state index in [1.807, 2.05) is 0 Å². The second kappa shape index (κ2) is 9.37. The summed E-state index contributed by atoms with van der Waals surface area (Å²) in [5.74, 6) is 0.0941. The molecule has 1 saturated heterocycles. The van der Waals surface area contributed by atoms with Crippen LogP contribution in [0.5, 0.6) is 0 Å². The molecule has 0 radical (unpaired) electrons. The predicted octanol–water partition coefficient (Wildman–Crippen LogP) is 3.23. The molecule has 106 valence electrons. The van der Waals surface area contributed by atoms with Crippen LogP contribution < -0.4 is 0 Å². The third-order valence-corrected chi connectivity index (χ3v) is 3.88. The van der Waals surface area contributed by atoms with Gasteiger partial charge in [-0.1, -0.05) is 45.4 Å². The quantitative estimate of drug-likeness (QED) is 0.468. The molecule has 1 atom stereocenters. The molecule has 0 aromatic carbocycles. The van der Waals surface area contributed by atoms with Crippen LogP contribution >= 0.6 is 0 Å². The summed E-state index contributed by atoms with van der Waals surface area (Å²) in [7, 11) is 1.49. The summed E-state index contributed by atoms with van der Waals surface area (Å²) in [6, 6.07) is 0. The molecular formula is C15H29NO2. The first kappa shape index (κ1) is 15.5. The molecule has 1 aliphatic rings. The lowest BCUT2D eigenvalue weighted by molar-refractivity contribution is -0.144. The molecule has 0 saturated carbocycles. The van der Waals surface area contributed by atoms with Crippen molar-refractivity contribution in [1.29, 1.82) is 0 Å². The van der Waals surface area contributed by atoms with E-state index in [1.165, 1.54) is 52.1 Å². The van der Waals surface area contributed by atoms with Gasteiger partial charge in [-0.15, -0.1) is 0 Å². The first-order valence-electron chi connectivity index (χ1n) is 7.58. The molecule has 0 aliphatic carbocycles. The lowest BCUT2D eigenvalue weighted by Crippen LogP contribution is -2.24. The first-order chi connectivity index (χ1) is 8.77. The zero-order valence-electron chi connectivity index (χ0n) is 12.1. The Morgan fingerprint density at radius 2 is 1.83 bits per heavy atom. The number of ether oxygens (including phenoxy) is 1. The lowest BCUT2D eigenvalue weighted by Gasteiger charge is -2.15. The fraction of sp³-hybridized carbons (Fsp3) is 0.933. The van der Waals surface area contributed by atoms with Crippen molar-refractivity contribution in [3.05, 3.63) is 0 Å². The number of hydrogen-bond acceptors (Lipinski definition) is 3. The number of methoxy groups -OCH3 is 1. The fourth-order valence-electron chi connectivity index (χ4n) is 2.69. The zero-order chi connectivity index (χ0) is 13.2. The molecule has 0 aromatic heterocycles. The summed E-state index contributed by atoms with van der Waals surface area (Å²) in [6.45, 7) is 5.38.